The largest absolute Gasteiger partial charge is 0.465 e. The summed E-state index contributed by atoms with van der Waals surface area (Å²) >= 11 is 0. The van der Waals surface area contributed by atoms with Gasteiger partial charge in [-0.15, -0.1) is 0 Å². The first-order chi connectivity index (χ1) is 9.29. The summed E-state index contributed by atoms with van der Waals surface area (Å²) in [5, 5.41) is 1.04. The Balaban J connectivity index is 2.16. The van der Waals surface area contributed by atoms with Crippen LogP contribution in [-0.4, -0.2) is 13.1 Å². The lowest BCUT2D eigenvalue weighted by molar-refractivity contribution is 0.0601. The minimum Gasteiger partial charge on any atom is -0.465 e. The number of ether oxygens (including phenoxy) is 1. The highest BCUT2D eigenvalue weighted by atomic mass is 16.5. The molecular weight excluding hydrogens is 240 g/mol. The number of methoxy groups -OCH3 is 1. The number of para-hydroxylation sites is 1. The second kappa shape index (κ2) is 4.61. The van der Waals surface area contributed by atoms with E-state index in [0.29, 0.717) is 5.56 Å². The number of hydrogen-bond donors (Lipinski definition) is 0. The first-order valence-corrected chi connectivity index (χ1v) is 5.94. The molecule has 0 N–H and O–H groups in total. The smallest absolute Gasteiger partial charge is 0.337 e. The van der Waals surface area contributed by atoms with Crippen LogP contribution in [0, 0.1) is 0 Å². The molecule has 0 spiro atoms. The predicted octanol–water partition coefficient (Wildman–Crippen LogP) is 3.89. The highest BCUT2D eigenvalue weighted by molar-refractivity contribution is 5.95. The van der Waals surface area contributed by atoms with Crippen molar-refractivity contribution < 1.29 is 13.9 Å². The molecule has 3 aromatic rings. The Kier molecular flexibility index (Phi) is 2.80. The van der Waals surface area contributed by atoms with E-state index in [2.05, 4.69) is 0 Å². The van der Waals surface area contributed by atoms with Crippen molar-refractivity contribution >= 4 is 16.9 Å². The minimum absolute atomic E-state index is 0.339. The van der Waals surface area contributed by atoms with Gasteiger partial charge in [0.15, 0.2) is 0 Å². The number of carbonyl (C=O) groups is 1. The molecule has 0 unspecified atom stereocenters. The lowest BCUT2D eigenvalue weighted by Gasteiger charge is -2.05. The molecule has 0 atom stereocenters. The summed E-state index contributed by atoms with van der Waals surface area (Å²) in [6.45, 7) is 0. The van der Waals surface area contributed by atoms with E-state index < -0.39 is 0 Å². The Morgan fingerprint density at radius 1 is 1.11 bits per heavy atom. The van der Waals surface area contributed by atoms with Gasteiger partial charge in [-0.2, -0.15) is 0 Å². The molecule has 1 heterocycles. The maximum atomic E-state index is 11.6. The van der Waals surface area contributed by atoms with E-state index in [1.54, 1.807) is 12.3 Å². The van der Waals surface area contributed by atoms with Crippen LogP contribution in [0.25, 0.3) is 22.1 Å². The number of furan rings is 1. The van der Waals surface area contributed by atoms with Crippen LogP contribution in [-0.2, 0) is 4.74 Å². The van der Waals surface area contributed by atoms with E-state index in [1.807, 2.05) is 42.5 Å². The van der Waals surface area contributed by atoms with Gasteiger partial charge in [-0.25, -0.2) is 4.79 Å². The molecule has 0 saturated carbocycles. The number of fused-ring (bicyclic) bond motifs is 1. The molecule has 2 aromatic carbocycles. The van der Waals surface area contributed by atoms with Gasteiger partial charge in [-0.05, 0) is 23.8 Å². The molecule has 0 amide bonds. The fraction of sp³-hybridized carbons (Fsp3) is 0.0625. The second-order valence-corrected chi connectivity index (χ2v) is 4.22. The van der Waals surface area contributed by atoms with Crippen molar-refractivity contribution in [2.45, 2.75) is 0 Å². The van der Waals surface area contributed by atoms with Gasteiger partial charge in [0.1, 0.15) is 5.58 Å². The summed E-state index contributed by atoms with van der Waals surface area (Å²) in [4.78, 5) is 11.6. The monoisotopic (exact) mass is 252 g/mol. The van der Waals surface area contributed by atoms with Crippen molar-refractivity contribution in [2.75, 3.05) is 7.11 Å². The Bertz CT molecular complexity index is 740. The number of benzene rings is 2. The summed E-state index contributed by atoms with van der Waals surface area (Å²) in [6.07, 6.45) is 1.67. The predicted molar refractivity (Wildman–Crippen MR) is 73.0 cm³/mol. The van der Waals surface area contributed by atoms with Gasteiger partial charge in [-0.3, -0.25) is 0 Å². The average molecular weight is 252 g/mol. The summed E-state index contributed by atoms with van der Waals surface area (Å²) in [7, 11) is 1.38. The van der Waals surface area contributed by atoms with E-state index in [9.17, 15) is 4.79 Å². The fourth-order valence-electron chi connectivity index (χ4n) is 2.15. The highest BCUT2D eigenvalue weighted by Crippen LogP contribution is 2.29. The van der Waals surface area contributed by atoms with Crippen LogP contribution in [0.1, 0.15) is 10.4 Å². The maximum absolute atomic E-state index is 11.6. The molecule has 3 nitrogen and oxygen atoms in total. The van der Waals surface area contributed by atoms with E-state index >= 15 is 0 Å². The van der Waals surface area contributed by atoms with Gasteiger partial charge < -0.3 is 9.15 Å². The molecule has 0 aliphatic carbocycles. The van der Waals surface area contributed by atoms with E-state index in [-0.39, 0.29) is 5.97 Å². The quantitative estimate of drug-likeness (QED) is 0.649. The van der Waals surface area contributed by atoms with Crippen molar-refractivity contribution in [1.29, 1.82) is 0 Å². The van der Waals surface area contributed by atoms with E-state index in [4.69, 9.17) is 9.15 Å². The molecule has 94 valence electrons. The minimum atomic E-state index is -0.339. The van der Waals surface area contributed by atoms with Gasteiger partial charge >= 0.3 is 5.97 Å². The van der Waals surface area contributed by atoms with E-state index in [0.717, 1.165) is 22.1 Å². The molecule has 1 aromatic heterocycles. The van der Waals surface area contributed by atoms with Gasteiger partial charge in [-0.1, -0.05) is 30.3 Å². The van der Waals surface area contributed by atoms with Crippen LogP contribution >= 0.6 is 0 Å². The van der Waals surface area contributed by atoms with Crippen LogP contribution < -0.4 is 0 Å². The van der Waals surface area contributed by atoms with Crippen molar-refractivity contribution in [3.8, 4) is 11.1 Å². The van der Waals surface area contributed by atoms with Crippen LogP contribution in [0.2, 0.25) is 0 Å². The molecule has 0 aliphatic heterocycles. The van der Waals surface area contributed by atoms with Gasteiger partial charge in [0.05, 0.1) is 18.9 Å². The molecule has 3 rings (SSSR count). The molecule has 0 radical (unpaired) electrons. The number of rotatable bonds is 2. The standard InChI is InChI=1S/C16H12O3/c1-18-16(17)13-6-2-5-12(10-13)14-7-3-4-11-8-9-19-15(11)14/h2-10H,1H3. The number of carbonyl (C=O) groups excluding carboxylic acids is 1. The normalized spacial score (nSPS) is 10.6. The lowest BCUT2D eigenvalue weighted by Crippen LogP contribution is -2.00. The first kappa shape index (κ1) is 11.5. The molecule has 0 fully saturated rings. The highest BCUT2D eigenvalue weighted by Gasteiger charge is 2.10. The van der Waals surface area contributed by atoms with Crippen LogP contribution in [0.15, 0.2) is 59.2 Å². The number of esters is 1. The van der Waals surface area contributed by atoms with Crippen molar-refractivity contribution in [2.24, 2.45) is 0 Å². The molecular formula is C16H12O3. The third-order valence-electron chi connectivity index (χ3n) is 3.07. The molecule has 0 saturated heterocycles. The van der Waals surface area contributed by atoms with Crippen molar-refractivity contribution in [3.05, 3.63) is 60.4 Å². The van der Waals surface area contributed by atoms with Gasteiger partial charge in [0.25, 0.3) is 0 Å². The Morgan fingerprint density at radius 2 is 1.95 bits per heavy atom. The molecule has 3 heteroatoms. The summed E-state index contributed by atoms with van der Waals surface area (Å²) in [5.41, 5.74) is 3.25. The molecule has 0 bridgehead atoms. The fourth-order valence-corrected chi connectivity index (χ4v) is 2.15. The third-order valence-corrected chi connectivity index (χ3v) is 3.07. The van der Waals surface area contributed by atoms with E-state index in [1.165, 1.54) is 7.11 Å². The Hall–Kier alpha value is -2.55. The Labute approximate surface area is 110 Å². The molecule has 19 heavy (non-hydrogen) atoms. The average Bonchev–Trinajstić information content (AvgIpc) is 2.94. The third kappa shape index (κ3) is 1.99. The summed E-state index contributed by atoms with van der Waals surface area (Å²) in [6, 6.07) is 15.2. The van der Waals surface area contributed by atoms with Crippen LogP contribution in [0.4, 0.5) is 0 Å². The van der Waals surface area contributed by atoms with Crippen LogP contribution in [0.5, 0.6) is 0 Å². The van der Waals surface area contributed by atoms with Gasteiger partial charge in [0.2, 0.25) is 0 Å². The number of hydrogen-bond acceptors (Lipinski definition) is 3. The van der Waals surface area contributed by atoms with Crippen LogP contribution in [0.3, 0.4) is 0 Å². The van der Waals surface area contributed by atoms with Gasteiger partial charge in [0, 0.05) is 10.9 Å². The first-order valence-electron chi connectivity index (χ1n) is 5.94. The maximum Gasteiger partial charge on any atom is 0.337 e. The summed E-state index contributed by atoms with van der Waals surface area (Å²) < 4.78 is 10.3. The molecule has 0 aliphatic rings. The zero-order valence-corrected chi connectivity index (χ0v) is 10.4. The zero-order chi connectivity index (χ0) is 13.2. The summed E-state index contributed by atoms with van der Waals surface area (Å²) in [5.74, 6) is -0.339. The topological polar surface area (TPSA) is 39.4 Å². The zero-order valence-electron chi connectivity index (χ0n) is 10.4. The Morgan fingerprint density at radius 3 is 2.79 bits per heavy atom. The second-order valence-electron chi connectivity index (χ2n) is 4.22. The lowest BCUT2D eigenvalue weighted by atomic mass is 10.0. The van der Waals surface area contributed by atoms with Crippen molar-refractivity contribution in [1.82, 2.24) is 0 Å². The van der Waals surface area contributed by atoms with Crippen molar-refractivity contribution in [3.63, 3.8) is 0 Å². The SMILES string of the molecule is COC(=O)c1cccc(-c2cccc3ccoc23)c1.